The number of hydrogen-bond donors (Lipinski definition) is 2. The number of carbonyl (C=O) groups is 1. The van der Waals surface area contributed by atoms with Crippen molar-refractivity contribution < 1.29 is 9.18 Å². The molecule has 1 saturated heterocycles. The lowest BCUT2D eigenvalue weighted by atomic mass is 10.1. The molecule has 6 heteroatoms. The van der Waals surface area contributed by atoms with E-state index in [2.05, 4.69) is 10.6 Å². The molecule has 2 rings (SSSR count). The van der Waals surface area contributed by atoms with Crippen LogP contribution in [0.25, 0.3) is 0 Å². The van der Waals surface area contributed by atoms with Crippen molar-refractivity contribution >= 4 is 29.1 Å². The third kappa shape index (κ3) is 3.38. The van der Waals surface area contributed by atoms with Gasteiger partial charge in [-0.3, -0.25) is 4.79 Å². The van der Waals surface area contributed by atoms with E-state index < -0.39 is 5.82 Å². The van der Waals surface area contributed by atoms with Crippen LogP contribution in [-0.2, 0) is 4.79 Å². The maximum absolute atomic E-state index is 13.4. The molecule has 1 aromatic carbocycles. The molecule has 1 aromatic rings. The second kappa shape index (κ2) is 6.07. The number of hydrogen-bond acceptors (Lipinski definition) is 2. The van der Waals surface area contributed by atoms with E-state index >= 15 is 0 Å². The molecule has 0 bridgehead atoms. The van der Waals surface area contributed by atoms with Crippen LogP contribution in [0.15, 0.2) is 12.1 Å². The van der Waals surface area contributed by atoms with Gasteiger partial charge in [0, 0.05) is 5.02 Å². The van der Waals surface area contributed by atoms with Gasteiger partial charge in [-0.1, -0.05) is 23.2 Å². The molecule has 0 spiro atoms. The average Bonchev–Trinajstić information content (AvgIpc) is 2.87. The zero-order valence-electron chi connectivity index (χ0n) is 10.5. The highest BCUT2D eigenvalue weighted by molar-refractivity contribution is 6.35. The Bertz CT molecular complexity index is 490. The van der Waals surface area contributed by atoms with Crippen molar-refractivity contribution in [2.24, 2.45) is 0 Å². The Labute approximate surface area is 121 Å². The summed E-state index contributed by atoms with van der Waals surface area (Å²) in [5.74, 6) is -0.627. The van der Waals surface area contributed by atoms with Crippen LogP contribution in [0.1, 0.15) is 31.4 Å². The lowest BCUT2D eigenvalue weighted by Crippen LogP contribution is -2.41. The first-order valence-corrected chi connectivity index (χ1v) is 6.93. The summed E-state index contributed by atoms with van der Waals surface area (Å²) in [6, 6.07) is 2.08. The third-order valence-corrected chi connectivity index (χ3v) is 3.86. The molecular weight excluding hydrogens is 290 g/mol. The highest BCUT2D eigenvalue weighted by Gasteiger charge is 2.24. The largest absolute Gasteiger partial charge is 0.348 e. The van der Waals surface area contributed by atoms with Gasteiger partial charge in [-0.05, 0) is 44.0 Å². The quantitative estimate of drug-likeness (QED) is 0.843. The van der Waals surface area contributed by atoms with Gasteiger partial charge in [0.2, 0.25) is 5.91 Å². The maximum atomic E-state index is 13.4. The van der Waals surface area contributed by atoms with E-state index in [4.69, 9.17) is 23.2 Å². The number of rotatable bonds is 3. The van der Waals surface area contributed by atoms with E-state index in [9.17, 15) is 9.18 Å². The van der Waals surface area contributed by atoms with Crippen LogP contribution in [0.2, 0.25) is 10.0 Å². The summed E-state index contributed by atoms with van der Waals surface area (Å²) < 4.78 is 13.4. The van der Waals surface area contributed by atoms with Gasteiger partial charge < -0.3 is 10.6 Å². The lowest BCUT2D eigenvalue weighted by Gasteiger charge is -2.19. The van der Waals surface area contributed by atoms with Crippen LogP contribution in [-0.4, -0.2) is 18.5 Å². The van der Waals surface area contributed by atoms with Crippen LogP contribution < -0.4 is 10.6 Å². The zero-order valence-corrected chi connectivity index (χ0v) is 12.0. The molecule has 1 amide bonds. The van der Waals surface area contributed by atoms with Crippen molar-refractivity contribution in [2.75, 3.05) is 6.54 Å². The Kier molecular flexibility index (Phi) is 4.66. The lowest BCUT2D eigenvalue weighted by molar-refractivity contribution is -0.123. The Morgan fingerprint density at radius 3 is 2.84 bits per heavy atom. The van der Waals surface area contributed by atoms with Crippen molar-refractivity contribution in [2.45, 2.75) is 31.8 Å². The Balaban J connectivity index is 2.09. The zero-order chi connectivity index (χ0) is 14.0. The fourth-order valence-electron chi connectivity index (χ4n) is 2.17. The van der Waals surface area contributed by atoms with Crippen molar-refractivity contribution in [3.63, 3.8) is 0 Å². The highest BCUT2D eigenvalue weighted by Crippen LogP contribution is 2.28. The van der Waals surface area contributed by atoms with Gasteiger partial charge in [-0.15, -0.1) is 0 Å². The molecule has 0 aliphatic carbocycles. The SMILES string of the molecule is CC(NC(=O)C1CCCN1)c1cc(F)c(Cl)cc1Cl. The molecule has 19 heavy (non-hydrogen) atoms. The minimum atomic E-state index is -0.541. The first kappa shape index (κ1) is 14.6. The molecule has 0 radical (unpaired) electrons. The number of amides is 1. The van der Waals surface area contributed by atoms with E-state index in [1.165, 1.54) is 12.1 Å². The molecule has 2 atom stereocenters. The van der Waals surface area contributed by atoms with Crippen molar-refractivity contribution in [3.8, 4) is 0 Å². The van der Waals surface area contributed by atoms with E-state index in [1.54, 1.807) is 6.92 Å². The average molecular weight is 305 g/mol. The summed E-state index contributed by atoms with van der Waals surface area (Å²) in [6.45, 7) is 2.62. The number of carbonyl (C=O) groups excluding carboxylic acids is 1. The Hall–Kier alpha value is -0.840. The predicted molar refractivity (Wildman–Crippen MR) is 74.0 cm³/mol. The number of nitrogens with one attached hydrogen (secondary N) is 2. The van der Waals surface area contributed by atoms with Crippen LogP contribution in [0.3, 0.4) is 0 Å². The smallest absolute Gasteiger partial charge is 0.237 e. The molecule has 1 heterocycles. The van der Waals surface area contributed by atoms with Crippen LogP contribution in [0.4, 0.5) is 4.39 Å². The van der Waals surface area contributed by atoms with Gasteiger partial charge in [0.15, 0.2) is 0 Å². The maximum Gasteiger partial charge on any atom is 0.237 e. The molecule has 1 aliphatic heterocycles. The van der Waals surface area contributed by atoms with Crippen LogP contribution >= 0.6 is 23.2 Å². The van der Waals surface area contributed by atoms with E-state index in [-0.39, 0.29) is 23.0 Å². The Morgan fingerprint density at radius 2 is 2.21 bits per heavy atom. The van der Waals surface area contributed by atoms with Gasteiger partial charge in [0.25, 0.3) is 0 Å². The molecule has 2 N–H and O–H groups in total. The molecule has 3 nitrogen and oxygen atoms in total. The van der Waals surface area contributed by atoms with Gasteiger partial charge in [0.05, 0.1) is 17.1 Å². The van der Waals surface area contributed by atoms with Crippen molar-refractivity contribution in [3.05, 3.63) is 33.6 Å². The molecule has 0 aromatic heterocycles. The molecule has 0 saturated carbocycles. The second-order valence-corrected chi connectivity index (χ2v) is 5.48. The van der Waals surface area contributed by atoms with Gasteiger partial charge in [-0.25, -0.2) is 4.39 Å². The fourth-order valence-corrected chi connectivity index (χ4v) is 2.72. The Morgan fingerprint density at radius 1 is 1.47 bits per heavy atom. The standard InChI is InChI=1S/C13H15Cl2FN2O/c1-7(18-13(19)12-3-2-4-17-12)8-5-11(16)10(15)6-9(8)14/h5-7,12,17H,2-4H2,1H3,(H,18,19). The van der Waals surface area contributed by atoms with Crippen LogP contribution in [0.5, 0.6) is 0 Å². The molecule has 1 fully saturated rings. The van der Waals surface area contributed by atoms with Crippen molar-refractivity contribution in [1.29, 1.82) is 0 Å². The first-order valence-electron chi connectivity index (χ1n) is 6.17. The third-order valence-electron chi connectivity index (χ3n) is 3.24. The predicted octanol–water partition coefficient (Wildman–Crippen LogP) is 3.06. The highest BCUT2D eigenvalue weighted by atomic mass is 35.5. The minimum Gasteiger partial charge on any atom is -0.348 e. The number of halogens is 3. The van der Waals surface area contributed by atoms with E-state index in [0.29, 0.717) is 10.6 Å². The second-order valence-electron chi connectivity index (χ2n) is 4.67. The van der Waals surface area contributed by atoms with Crippen molar-refractivity contribution in [1.82, 2.24) is 10.6 Å². The molecule has 104 valence electrons. The topological polar surface area (TPSA) is 41.1 Å². The summed E-state index contributed by atoms with van der Waals surface area (Å²) in [5, 5.41) is 6.26. The van der Waals surface area contributed by atoms with E-state index in [0.717, 1.165) is 19.4 Å². The summed E-state index contributed by atoms with van der Waals surface area (Å²) in [6.07, 6.45) is 1.81. The fraction of sp³-hybridized carbons (Fsp3) is 0.462. The van der Waals surface area contributed by atoms with Gasteiger partial charge >= 0.3 is 0 Å². The molecule has 1 aliphatic rings. The molecular formula is C13H15Cl2FN2O. The summed E-state index contributed by atoms with van der Waals surface area (Å²) in [5.41, 5.74) is 0.523. The van der Waals surface area contributed by atoms with Crippen LogP contribution in [0, 0.1) is 5.82 Å². The normalized spacial score (nSPS) is 20.3. The number of benzene rings is 1. The first-order chi connectivity index (χ1) is 8.99. The summed E-state index contributed by atoms with van der Waals surface area (Å²) in [4.78, 5) is 12.0. The monoisotopic (exact) mass is 304 g/mol. The van der Waals surface area contributed by atoms with E-state index in [1.807, 2.05) is 0 Å². The van der Waals surface area contributed by atoms with Gasteiger partial charge in [-0.2, -0.15) is 0 Å². The summed E-state index contributed by atoms with van der Waals surface area (Å²) >= 11 is 11.7. The minimum absolute atomic E-state index is 0.0234. The molecule has 2 unspecified atom stereocenters. The summed E-state index contributed by atoms with van der Waals surface area (Å²) in [7, 11) is 0. The van der Waals surface area contributed by atoms with Gasteiger partial charge in [0.1, 0.15) is 5.82 Å².